The molecule has 19 heavy (non-hydrogen) atoms. The summed E-state index contributed by atoms with van der Waals surface area (Å²) < 4.78 is 1.81. The Morgan fingerprint density at radius 3 is 2.74 bits per heavy atom. The highest BCUT2D eigenvalue weighted by molar-refractivity contribution is 5.75. The van der Waals surface area contributed by atoms with Crippen molar-refractivity contribution in [3.05, 3.63) is 53.9 Å². The summed E-state index contributed by atoms with van der Waals surface area (Å²) in [6.45, 7) is 3.29. The Morgan fingerprint density at radius 2 is 2.16 bits per heavy atom. The van der Waals surface area contributed by atoms with Gasteiger partial charge in [-0.25, -0.2) is 0 Å². The smallest absolute Gasteiger partial charge is 0.325 e. The van der Waals surface area contributed by atoms with E-state index in [0.29, 0.717) is 6.54 Å². The molecule has 100 valence electrons. The van der Waals surface area contributed by atoms with Crippen LogP contribution >= 0.6 is 0 Å². The lowest BCUT2D eigenvalue weighted by molar-refractivity contribution is -0.139. The molecule has 0 spiro atoms. The molecule has 1 atom stereocenters. The second-order valence-electron chi connectivity index (χ2n) is 4.27. The summed E-state index contributed by atoms with van der Waals surface area (Å²) in [5, 5.41) is 16.5. The number of carboxylic acids is 1. The minimum Gasteiger partial charge on any atom is -0.480 e. The van der Waals surface area contributed by atoms with E-state index in [0.717, 1.165) is 17.7 Å². The van der Waals surface area contributed by atoms with E-state index < -0.39 is 12.0 Å². The van der Waals surface area contributed by atoms with Crippen molar-refractivity contribution in [3.63, 3.8) is 0 Å². The van der Waals surface area contributed by atoms with Gasteiger partial charge in [-0.1, -0.05) is 30.3 Å². The normalized spacial score (nSPS) is 12.3. The third-order valence-electron chi connectivity index (χ3n) is 2.90. The summed E-state index contributed by atoms with van der Waals surface area (Å²) in [4.78, 5) is 11.3. The molecule has 0 unspecified atom stereocenters. The number of benzene rings is 1. The van der Waals surface area contributed by atoms with E-state index in [2.05, 4.69) is 10.4 Å². The van der Waals surface area contributed by atoms with Crippen molar-refractivity contribution in [1.29, 1.82) is 0 Å². The molecule has 1 aromatic heterocycles. The number of carboxylic acid groups (broad SMARTS) is 1. The van der Waals surface area contributed by atoms with E-state index in [4.69, 9.17) is 0 Å². The molecule has 5 nitrogen and oxygen atoms in total. The van der Waals surface area contributed by atoms with Crippen LogP contribution in [0.15, 0.2) is 42.7 Å². The lowest BCUT2D eigenvalue weighted by atomic mass is 10.1. The third-order valence-corrected chi connectivity index (χ3v) is 2.90. The molecule has 0 aliphatic carbocycles. The molecule has 2 N–H and O–H groups in total. The van der Waals surface area contributed by atoms with Crippen molar-refractivity contribution < 1.29 is 9.90 Å². The van der Waals surface area contributed by atoms with E-state index in [1.165, 1.54) is 0 Å². The Kier molecular flexibility index (Phi) is 4.30. The van der Waals surface area contributed by atoms with E-state index in [9.17, 15) is 9.90 Å². The van der Waals surface area contributed by atoms with Crippen LogP contribution in [0, 0.1) is 0 Å². The summed E-state index contributed by atoms with van der Waals surface area (Å²) in [6.07, 6.45) is 3.66. The van der Waals surface area contributed by atoms with Gasteiger partial charge in [-0.2, -0.15) is 5.10 Å². The van der Waals surface area contributed by atoms with Gasteiger partial charge in [0.1, 0.15) is 6.04 Å². The van der Waals surface area contributed by atoms with Crippen LogP contribution < -0.4 is 5.32 Å². The molecule has 0 saturated heterocycles. The first kappa shape index (κ1) is 13.3. The van der Waals surface area contributed by atoms with E-state index in [-0.39, 0.29) is 0 Å². The van der Waals surface area contributed by atoms with Crippen molar-refractivity contribution in [3.8, 4) is 0 Å². The standard InChI is InChI=1S/C14H17N3O2/c1-2-17-10-11(9-16-17)8-15-13(14(18)19)12-6-4-3-5-7-12/h3-7,9-10,13,15H,2,8H2,1H3,(H,18,19)/t13-/m1/s1. The Labute approximate surface area is 111 Å². The fourth-order valence-corrected chi connectivity index (χ4v) is 1.88. The molecule has 5 heteroatoms. The molecule has 0 aliphatic heterocycles. The van der Waals surface area contributed by atoms with E-state index >= 15 is 0 Å². The van der Waals surface area contributed by atoms with Gasteiger partial charge in [0.05, 0.1) is 6.20 Å². The van der Waals surface area contributed by atoms with Gasteiger partial charge < -0.3 is 5.11 Å². The van der Waals surface area contributed by atoms with Gasteiger partial charge >= 0.3 is 5.97 Å². The first-order valence-corrected chi connectivity index (χ1v) is 6.23. The number of nitrogens with zero attached hydrogens (tertiary/aromatic N) is 2. The van der Waals surface area contributed by atoms with Gasteiger partial charge in [0.15, 0.2) is 0 Å². The predicted octanol–water partition coefficient (Wildman–Crippen LogP) is 1.82. The van der Waals surface area contributed by atoms with E-state index in [1.54, 1.807) is 18.3 Å². The fraction of sp³-hybridized carbons (Fsp3) is 0.286. The summed E-state index contributed by atoms with van der Waals surface area (Å²) in [6, 6.07) is 8.45. The average Bonchev–Trinajstić information content (AvgIpc) is 2.88. The molecular formula is C14H17N3O2. The Balaban J connectivity index is 2.04. The summed E-state index contributed by atoms with van der Waals surface area (Å²) >= 11 is 0. The monoisotopic (exact) mass is 259 g/mol. The lowest BCUT2D eigenvalue weighted by Crippen LogP contribution is -2.27. The molecule has 0 aliphatic rings. The summed E-state index contributed by atoms with van der Waals surface area (Å²) in [7, 11) is 0. The highest BCUT2D eigenvalue weighted by atomic mass is 16.4. The number of aromatic nitrogens is 2. The van der Waals surface area contributed by atoms with Crippen LogP contribution in [0.1, 0.15) is 24.1 Å². The SMILES string of the molecule is CCn1cc(CN[C@@H](C(=O)O)c2ccccc2)cn1. The average molecular weight is 259 g/mol. The van der Waals surface area contributed by atoms with Crippen LogP contribution in [0.5, 0.6) is 0 Å². The predicted molar refractivity (Wildman–Crippen MR) is 71.6 cm³/mol. The Bertz CT molecular complexity index is 537. The summed E-state index contributed by atoms with van der Waals surface area (Å²) in [5.74, 6) is -0.880. The van der Waals surface area contributed by atoms with Crippen LogP contribution in [-0.2, 0) is 17.9 Å². The van der Waals surface area contributed by atoms with Gasteiger partial charge in [0.2, 0.25) is 0 Å². The van der Waals surface area contributed by atoms with Crippen molar-refractivity contribution in [2.24, 2.45) is 0 Å². The highest BCUT2D eigenvalue weighted by Gasteiger charge is 2.18. The molecule has 2 aromatic rings. The van der Waals surface area contributed by atoms with Gasteiger partial charge in [-0.3, -0.25) is 14.8 Å². The number of nitrogens with one attached hydrogen (secondary N) is 1. The molecule has 0 bridgehead atoms. The zero-order valence-corrected chi connectivity index (χ0v) is 10.8. The molecular weight excluding hydrogens is 242 g/mol. The largest absolute Gasteiger partial charge is 0.480 e. The zero-order chi connectivity index (χ0) is 13.7. The maximum absolute atomic E-state index is 11.3. The van der Waals surface area contributed by atoms with Gasteiger partial charge in [0.25, 0.3) is 0 Å². The lowest BCUT2D eigenvalue weighted by Gasteiger charge is -2.14. The quantitative estimate of drug-likeness (QED) is 0.830. The molecule has 2 rings (SSSR count). The maximum atomic E-state index is 11.3. The molecule has 1 heterocycles. The molecule has 0 fully saturated rings. The number of aliphatic carboxylic acids is 1. The first-order chi connectivity index (χ1) is 9.20. The fourth-order valence-electron chi connectivity index (χ4n) is 1.88. The summed E-state index contributed by atoms with van der Waals surface area (Å²) in [5.41, 5.74) is 1.72. The number of aryl methyl sites for hydroxylation is 1. The van der Waals surface area contributed by atoms with Crippen molar-refractivity contribution in [2.45, 2.75) is 26.1 Å². The first-order valence-electron chi connectivity index (χ1n) is 6.23. The topological polar surface area (TPSA) is 67.2 Å². The van der Waals surface area contributed by atoms with Gasteiger partial charge in [-0.05, 0) is 12.5 Å². The maximum Gasteiger partial charge on any atom is 0.325 e. The molecule has 1 aromatic carbocycles. The van der Waals surface area contributed by atoms with Crippen LogP contribution in [0.25, 0.3) is 0 Å². The van der Waals surface area contributed by atoms with Crippen molar-refractivity contribution in [2.75, 3.05) is 0 Å². The molecule has 0 amide bonds. The van der Waals surface area contributed by atoms with Crippen molar-refractivity contribution >= 4 is 5.97 Å². The number of carbonyl (C=O) groups is 1. The van der Waals surface area contributed by atoms with Crippen LogP contribution in [0.2, 0.25) is 0 Å². The van der Waals surface area contributed by atoms with Crippen LogP contribution in [0.3, 0.4) is 0 Å². The van der Waals surface area contributed by atoms with Crippen LogP contribution in [0.4, 0.5) is 0 Å². The van der Waals surface area contributed by atoms with Gasteiger partial charge in [-0.15, -0.1) is 0 Å². The van der Waals surface area contributed by atoms with E-state index in [1.807, 2.05) is 36.0 Å². The van der Waals surface area contributed by atoms with Crippen LogP contribution in [-0.4, -0.2) is 20.9 Å². The number of hydrogen-bond acceptors (Lipinski definition) is 3. The second-order valence-corrected chi connectivity index (χ2v) is 4.27. The van der Waals surface area contributed by atoms with Gasteiger partial charge in [0, 0.05) is 24.8 Å². The molecule has 0 radical (unpaired) electrons. The Hall–Kier alpha value is -2.14. The minimum absolute atomic E-state index is 0.478. The highest BCUT2D eigenvalue weighted by Crippen LogP contribution is 2.13. The van der Waals surface area contributed by atoms with Crippen molar-refractivity contribution in [1.82, 2.24) is 15.1 Å². The Morgan fingerprint density at radius 1 is 1.42 bits per heavy atom. The minimum atomic E-state index is -0.880. The zero-order valence-electron chi connectivity index (χ0n) is 10.8. The number of hydrogen-bond donors (Lipinski definition) is 2. The number of rotatable bonds is 6. The molecule has 0 saturated carbocycles. The second kappa shape index (κ2) is 6.15. The third kappa shape index (κ3) is 3.42.